The molecule has 0 aromatic heterocycles. The van der Waals surface area contributed by atoms with Crippen LogP contribution in [-0.2, 0) is 11.2 Å². The van der Waals surface area contributed by atoms with E-state index in [9.17, 15) is 14.9 Å². The molecule has 0 aliphatic rings. The molecule has 0 saturated carbocycles. The van der Waals surface area contributed by atoms with Crippen LogP contribution in [0.15, 0.2) is 22.7 Å². The van der Waals surface area contributed by atoms with Crippen LogP contribution in [0.5, 0.6) is 0 Å². The van der Waals surface area contributed by atoms with Gasteiger partial charge in [0.1, 0.15) is 5.78 Å². The summed E-state index contributed by atoms with van der Waals surface area (Å²) < 4.78 is 0.612. The summed E-state index contributed by atoms with van der Waals surface area (Å²) >= 11 is 3.27. The summed E-state index contributed by atoms with van der Waals surface area (Å²) in [5.74, 6) is -0.248. The van der Waals surface area contributed by atoms with Gasteiger partial charge in [0.2, 0.25) is 0 Å². The normalized spacial score (nSPS) is 12.2. The zero-order valence-corrected chi connectivity index (χ0v) is 11.5. The molecule has 5 nitrogen and oxygen atoms in total. The number of hydrogen-bond donors (Lipinski definition) is 1. The minimum absolute atomic E-state index is 0.00663. The fourth-order valence-corrected chi connectivity index (χ4v) is 2.21. The first-order valence-corrected chi connectivity index (χ1v) is 6.29. The summed E-state index contributed by atoms with van der Waals surface area (Å²) in [7, 11) is 0. The Morgan fingerprint density at radius 1 is 1.56 bits per heavy atom. The van der Waals surface area contributed by atoms with E-state index in [1.54, 1.807) is 6.07 Å². The first kappa shape index (κ1) is 14.8. The average Bonchev–Trinajstić information content (AvgIpc) is 2.30. The molecule has 0 aliphatic carbocycles. The Kier molecular flexibility index (Phi) is 5.43. The van der Waals surface area contributed by atoms with Gasteiger partial charge in [0, 0.05) is 29.1 Å². The molecule has 0 saturated heterocycles. The summed E-state index contributed by atoms with van der Waals surface area (Å²) in [4.78, 5) is 21.5. The van der Waals surface area contributed by atoms with Gasteiger partial charge in [-0.05, 0) is 25.3 Å². The summed E-state index contributed by atoms with van der Waals surface area (Å²) in [6.07, 6.45) is 0.868. The highest BCUT2D eigenvalue weighted by atomic mass is 79.9. The molecule has 18 heavy (non-hydrogen) atoms. The van der Waals surface area contributed by atoms with E-state index in [1.165, 1.54) is 19.1 Å². The van der Waals surface area contributed by atoms with Gasteiger partial charge in [0.25, 0.3) is 5.69 Å². The second-order valence-electron chi connectivity index (χ2n) is 4.06. The van der Waals surface area contributed by atoms with E-state index < -0.39 is 4.92 Å². The number of aliphatic hydroxyl groups is 1. The number of ketones is 1. The Labute approximate surface area is 113 Å². The van der Waals surface area contributed by atoms with E-state index in [0.717, 1.165) is 5.56 Å². The molecule has 0 fully saturated rings. The number of hydrogen-bond acceptors (Lipinski definition) is 4. The molecule has 0 amide bonds. The Bertz CT molecular complexity index is 461. The SMILES string of the molecule is CC(=O)C(CCO)Cc1ccc([N+](=O)[O-])cc1Br. The Balaban J connectivity index is 2.90. The number of non-ortho nitro benzene ring substituents is 1. The molecule has 1 rings (SSSR count). The molecule has 0 spiro atoms. The van der Waals surface area contributed by atoms with Gasteiger partial charge >= 0.3 is 0 Å². The molecule has 1 aromatic rings. The van der Waals surface area contributed by atoms with Crippen LogP contribution in [-0.4, -0.2) is 22.4 Å². The fraction of sp³-hybridized carbons (Fsp3) is 0.417. The minimum Gasteiger partial charge on any atom is -0.396 e. The Morgan fingerprint density at radius 2 is 2.22 bits per heavy atom. The highest BCUT2D eigenvalue weighted by Gasteiger charge is 2.17. The van der Waals surface area contributed by atoms with Crippen molar-refractivity contribution in [2.24, 2.45) is 5.92 Å². The summed E-state index contributed by atoms with van der Waals surface area (Å²) in [5, 5.41) is 19.5. The van der Waals surface area contributed by atoms with Crippen LogP contribution in [0.3, 0.4) is 0 Å². The average molecular weight is 316 g/mol. The highest BCUT2D eigenvalue weighted by molar-refractivity contribution is 9.10. The van der Waals surface area contributed by atoms with Crippen molar-refractivity contribution in [3.8, 4) is 0 Å². The topological polar surface area (TPSA) is 80.4 Å². The number of rotatable bonds is 6. The van der Waals surface area contributed by atoms with Crippen molar-refractivity contribution < 1.29 is 14.8 Å². The van der Waals surface area contributed by atoms with Crippen molar-refractivity contribution in [1.82, 2.24) is 0 Å². The predicted molar refractivity (Wildman–Crippen MR) is 70.4 cm³/mol. The van der Waals surface area contributed by atoms with Crippen LogP contribution in [0.25, 0.3) is 0 Å². The van der Waals surface area contributed by atoms with Crippen LogP contribution < -0.4 is 0 Å². The molecule has 1 atom stereocenters. The molecule has 1 N–H and O–H groups in total. The lowest BCUT2D eigenvalue weighted by Crippen LogP contribution is -2.16. The van der Waals surface area contributed by atoms with Crippen LogP contribution in [0, 0.1) is 16.0 Å². The van der Waals surface area contributed by atoms with E-state index in [2.05, 4.69) is 15.9 Å². The number of nitro benzene ring substituents is 1. The zero-order chi connectivity index (χ0) is 13.7. The van der Waals surface area contributed by atoms with Gasteiger partial charge in [0.05, 0.1) is 4.92 Å². The van der Waals surface area contributed by atoms with Crippen LogP contribution in [0.4, 0.5) is 5.69 Å². The maximum Gasteiger partial charge on any atom is 0.270 e. The predicted octanol–water partition coefficient (Wildman–Crippen LogP) is 2.49. The molecule has 0 bridgehead atoms. The van der Waals surface area contributed by atoms with E-state index in [0.29, 0.717) is 17.3 Å². The minimum atomic E-state index is -0.468. The first-order valence-electron chi connectivity index (χ1n) is 5.49. The third kappa shape index (κ3) is 3.89. The Hall–Kier alpha value is -1.27. The Morgan fingerprint density at radius 3 is 2.67 bits per heavy atom. The summed E-state index contributed by atoms with van der Waals surface area (Å²) in [5.41, 5.74) is 0.835. The van der Waals surface area contributed by atoms with Gasteiger partial charge in [0.15, 0.2) is 0 Å². The molecule has 1 aromatic carbocycles. The number of aliphatic hydroxyl groups excluding tert-OH is 1. The van der Waals surface area contributed by atoms with E-state index in [-0.39, 0.29) is 24.0 Å². The monoisotopic (exact) mass is 315 g/mol. The molecule has 0 radical (unpaired) electrons. The molecule has 0 heterocycles. The van der Waals surface area contributed by atoms with Gasteiger partial charge in [-0.2, -0.15) is 0 Å². The smallest absolute Gasteiger partial charge is 0.270 e. The van der Waals surface area contributed by atoms with Crippen molar-refractivity contribution in [3.05, 3.63) is 38.3 Å². The summed E-state index contributed by atoms with van der Waals surface area (Å²) in [6.45, 7) is 1.44. The van der Waals surface area contributed by atoms with E-state index in [1.807, 2.05) is 0 Å². The van der Waals surface area contributed by atoms with Crippen molar-refractivity contribution in [1.29, 1.82) is 0 Å². The van der Waals surface area contributed by atoms with Crippen molar-refractivity contribution in [2.45, 2.75) is 19.8 Å². The number of nitro groups is 1. The largest absolute Gasteiger partial charge is 0.396 e. The number of carbonyl (C=O) groups is 1. The second-order valence-corrected chi connectivity index (χ2v) is 4.91. The third-order valence-electron chi connectivity index (χ3n) is 2.77. The maximum absolute atomic E-state index is 11.4. The molecular formula is C12H14BrNO4. The van der Waals surface area contributed by atoms with Gasteiger partial charge in [-0.3, -0.25) is 14.9 Å². The zero-order valence-electron chi connectivity index (χ0n) is 9.93. The number of Topliss-reactive ketones (excluding diaryl/α,β-unsaturated/α-hetero) is 1. The lowest BCUT2D eigenvalue weighted by molar-refractivity contribution is -0.384. The number of halogens is 1. The molecule has 98 valence electrons. The van der Waals surface area contributed by atoms with Gasteiger partial charge < -0.3 is 5.11 Å². The maximum atomic E-state index is 11.4. The van der Waals surface area contributed by atoms with Crippen LogP contribution >= 0.6 is 15.9 Å². The van der Waals surface area contributed by atoms with Gasteiger partial charge in [-0.15, -0.1) is 0 Å². The van der Waals surface area contributed by atoms with Crippen LogP contribution in [0.2, 0.25) is 0 Å². The first-order chi connectivity index (χ1) is 8.45. The number of carbonyl (C=O) groups excluding carboxylic acids is 1. The van der Waals surface area contributed by atoms with Crippen molar-refractivity contribution in [3.63, 3.8) is 0 Å². The molecular weight excluding hydrogens is 302 g/mol. The van der Waals surface area contributed by atoms with Crippen molar-refractivity contribution in [2.75, 3.05) is 6.61 Å². The molecule has 6 heteroatoms. The second kappa shape index (κ2) is 6.61. The molecule has 1 unspecified atom stereocenters. The lowest BCUT2D eigenvalue weighted by atomic mass is 9.93. The van der Waals surface area contributed by atoms with E-state index >= 15 is 0 Å². The molecule has 0 aliphatic heterocycles. The lowest BCUT2D eigenvalue weighted by Gasteiger charge is -2.13. The van der Waals surface area contributed by atoms with E-state index in [4.69, 9.17) is 5.11 Å². The van der Waals surface area contributed by atoms with Crippen molar-refractivity contribution >= 4 is 27.4 Å². The third-order valence-corrected chi connectivity index (χ3v) is 3.50. The quantitative estimate of drug-likeness (QED) is 0.646. The standard InChI is InChI=1S/C12H14BrNO4/c1-8(16)9(4-5-15)6-10-2-3-11(14(17)18)7-12(10)13/h2-3,7,9,15H,4-6H2,1H3. The fourth-order valence-electron chi connectivity index (χ4n) is 1.69. The van der Waals surface area contributed by atoms with Gasteiger partial charge in [-0.1, -0.05) is 22.0 Å². The number of benzene rings is 1. The van der Waals surface area contributed by atoms with Crippen LogP contribution in [0.1, 0.15) is 18.9 Å². The number of nitrogens with zero attached hydrogens (tertiary/aromatic N) is 1. The summed E-state index contributed by atoms with van der Waals surface area (Å²) in [6, 6.07) is 4.47. The van der Waals surface area contributed by atoms with Gasteiger partial charge in [-0.25, -0.2) is 0 Å². The highest BCUT2D eigenvalue weighted by Crippen LogP contribution is 2.26.